The number of para-hydroxylation sites is 3. The molecule has 0 bridgehead atoms. The van der Waals surface area contributed by atoms with E-state index in [0.717, 1.165) is 38.8 Å². The second-order valence-corrected chi connectivity index (χ2v) is 9.35. The number of aryl methyl sites for hydroxylation is 1. The molecule has 0 aromatic heterocycles. The molecule has 0 aliphatic carbocycles. The first-order chi connectivity index (χ1) is 16.6. The number of esters is 1. The van der Waals surface area contributed by atoms with E-state index in [0.29, 0.717) is 0 Å². The van der Waals surface area contributed by atoms with Crippen LogP contribution in [-0.4, -0.2) is 30.9 Å². The van der Waals surface area contributed by atoms with Crippen molar-refractivity contribution in [2.24, 2.45) is 5.92 Å². The number of hydrogen-bond acceptors (Lipinski definition) is 5. The number of ether oxygens (including phenoxy) is 1. The van der Waals surface area contributed by atoms with E-state index in [2.05, 4.69) is 0 Å². The Labute approximate surface area is 202 Å². The second-order valence-electron chi connectivity index (χ2n) is 8.26. The summed E-state index contributed by atoms with van der Waals surface area (Å²) >= 11 is 1.61. The van der Waals surface area contributed by atoms with Crippen LogP contribution in [-0.2, 0) is 25.5 Å². The van der Waals surface area contributed by atoms with Crippen molar-refractivity contribution in [3.63, 3.8) is 0 Å². The Morgan fingerprint density at radius 1 is 0.912 bits per heavy atom. The van der Waals surface area contributed by atoms with Gasteiger partial charge in [0.25, 0.3) is 5.91 Å². The molecule has 3 aromatic rings. The second kappa shape index (κ2) is 9.35. The third-order valence-electron chi connectivity index (χ3n) is 6.14. The van der Waals surface area contributed by atoms with Crippen LogP contribution in [0.4, 0.5) is 17.1 Å². The van der Waals surface area contributed by atoms with Crippen LogP contribution < -0.4 is 9.80 Å². The summed E-state index contributed by atoms with van der Waals surface area (Å²) in [5, 5.41) is 0. The van der Waals surface area contributed by atoms with Crippen LogP contribution in [0.1, 0.15) is 18.9 Å². The lowest BCUT2D eigenvalue weighted by molar-refractivity contribution is -0.151. The van der Waals surface area contributed by atoms with Crippen molar-refractivity contribution in [2.45, 2.75) is 29.6 Å². The quantitative estimate of drug-likeness (QED) is 0.490. The maximum Gasteiger partial charge on any atom is 0.311 e. The van der Waals surface area contributed by atoms with Gasteiger partial charge in [-0.25, -0.2) is 0 Å². The fourth-order valence-electron chi connectivity index (χ4n) is 4.46. The number of nitrogens with zero attached hydrogens (tertiary/aromatic N) is 2. The third kappa shape index (κ3) is 4.07. The number of carbonyl (C=O) groups excluding carboxylic acids is 3. The summed E-state index contributed by atoms with van der Waals surface area (Å²) < 4.78 is 5.44. The average Bonchev–Trinajstić information content (AvgIpc) is 3.26. The van der Waals surface area contributed by atoms with Crippen molar-refractivity contribution >= 4 is 46.6 Å². The normalized spacial score (nSPS) is 16.7. The van der Waals surface area contributed by atoms with Crippen molar-refractivity contribution in [1.29, 1.82) is 0 Å². The highest BCUT2D eigenvalue weighted by atomic mass is 32.2. The Morgan fingerprint density at radius 2 is 1.50 bits per heavy atom. The minimum absolute atomic E-state index is 0.0804. The summed E-state index contributed by atoms with van der Waals surface area (Å²) in [6.07, 6.45) is 0.873. The van der Waals surface area contributed by atoms with Crippen LogP contribution in [0.3, 0.4) is 0 Å². The van der Waals surface area contributed by atoms with E-state index in [-0.39, 0.29) is 31.4 Å². The van der Waals surface area contributed by atoms with Crippen molar-refractivity contribution in [3.05, 3.63) is 78.4 Å². The van der Waals surface area contributed by atoms with Gasteiger partial charge in [-0.1, -0.05) is 61.2 Å². The number of fused-ring (bicyclic) bond motifs is 2. The van der Waals surface area contributed by atoms with Gasteiger partial charge in [-0.2, -0.15) is 0 Å². The molecule has 1 saturated heterocycles. The SMILES string of the molecule is CCc1ccccc1N1C[C@H](C(=O)OCC(=O)N2c3ccccc3Sc3ccccc32)CC1=O. The number of anilines is 3. The molecule has 2 aliphatic rings. The van der Waals surface area contributed by atoms with E-state index < -0.39 is 11.9 Å². The summed E-state index contributed by atoms with van der Waals surface area (Å²) in [5.74, 6) is -1.55. The van der Waals surface area contributed by atoms with Gasteiger partial charge < -0.3 is 9.64 Å². The summed E-state index contributed by atoms with van der Waals surface area (Å²) in [5.41, 5.74) is 3.43. The van der Waals surface area contributed by atoms with Crippen molar-refractivity contribution in [3.8, 4) is 0 Å². The van der Waals surface area contributed by atoms with Crippen LogP contribution in [0.2, 0.25) is 0 Å². The molecule has 0 N–H and O–H groups in total. The van der Waals surface area contributed by atoms with E-state index in [9.17, 15) is 14.4 Å². The van der Waals surface area contributed by atoms with Gasteiger partial charge in [0.2, 0.25) is 5.91 Å². The number of rotatable bonds is 5. The lowest BCUT2D eigenvalue weighted by atomic mass is 10.1. The molecule has 0 saturated carbocycles. The zero-order chi connectivity index (χ0) is 23.7. The number of hydrogen-bond donors (Lipinski definition) is 0. The Hall–Kier alpha value is -3.58. The molecule has 0 unspecified atom stereocenters. The first kappa shape index (κ1) is 22.2. The lowest BCUT2D eigenvalue weighted by Crippen LogP contribution is -2.34. The van der Waals surface area contributed by atoms with E-state index in [1.54, 1.807) is 21.6 Å². The molecule has 3 aromatic carbocycles. The van der Waals surface area contributed by atoms with Crippen LogP contribution in [0.15, 0.2) is 82.6 Å². The molecular weight excluding hydrogens is 448 g/mol. The highest BCUT2D eigenvalue weighted by Gasteiger charge is 2.37. The topological polar surface area (TPSA) is 66.9 Å². The fraction of sp³-hybridized carbons (Fsp3) is 0.222. The molecular formula is C27H24N2O4S. The summed E-state index contributed by atoms with van der Waals surface area (Å²) in [6.45, 7) is 1.91. The zero-order valence-electron chi connectivity index (χ0n) is 18.8. The number of carbonyl (C=O) groups is 3. The Balaban J connectivity index is 1.29. The molecule has 1 fully saturated rings. The van der Waals surface area contributed by atoms with Crippen molar-refractivity contribution < 1.29 is 19.1 Å². The van der Waals surface area contributed by atoms with Crippen LogP contribution in [0.5, 0.6) is 0 Å². The molecule has 7 heteroatoms. The minimum Gasteiger partial charge on any atom is -0.455 e. The Bertz CT molecular complexity index is 1230. The summed E-state index contributed by atoms with van der Waals surface area (Å²) in [6, 6.07) is 23.0. The van der Waals surface area contributed by atoms with Gasteiger partial charge in [0.05, 0.1) is 17.3 Å². The first-order valence-corrected chi connectivity index (χ1v) is 12.1. The molecule has 1 atom stereocenters. The number of benzene rings is 3. The first-order valence-electron chi connectivity index (χ1n) is 11.3. The van der Waals surface area contributed by atoms with E-state index in [1.165, 1.54) is 0 Å². The van der Waals surface area contributed by atoms with Crippen molar-refractivity contribution in [2.75, 3.05) is 23.0 Å². The third-order valence-corrected chi connectivity index (χ3v) is 7.27. The highest BCUT2D eigenvalue weighted by molar-refractivity contribution is 7.99. The highest BCUT2D eigenvalue weighted by Crippen LogP contribution is 2.47. The molecule has 172 valence electrons. The van der Waals surface area contributed by atoms with Gasteiger partial charge in [0.1, 0.15) is 0 Å². The van der Waals surface area contributed by atoms with Gasteiger partial charge >= 0.3 is 5.97 Å². The Morgan fingerprint density at radius 3 is 2.15 bits per heavy atom. The Kier molecular flexibility index (Phi) is 6.11. The summed E-state index contributed by atoms with van der Waals surface area (Å²) in [4.78, 5) is 43.9. The average molecular weight is 473 g/mol. The largest absolute Gasteiger partial charge is 0.455 e. The fourth-order valence-corrected chi connectivity index (χ4v) is 5.52. The molecule has 5 rings (SSSR count). The maximum atomic E-state index is 13.2. The molecule has 2 aliphatic heterocycles. The van der Waals surface area contributed by atoms with Gasteiger partial charge in [-0.15, -0.1) is 0 Å². The molecule has 34 heavy (non-hydrogen) atoms. The predicted octanol–water partition coefficient (Wildman–Crippen LogP) is 4.97. The van der Waals surface area contributed by atoms with Crippen LogP contribution >= 0.6 is 11.8 Å². The lowest BCUT2D eigenvalue weighted by Gasteiger charge is -2.30. The molecule has 2 amide bonds. The minimum atomic E-state index is -0.596. The van der Waals surface area contributed by atoms with Crippen LogP contribution in [0.25, 0.3) is 0 Å². The van der Waals surface area contributed by atoms with Gasteiger partial charge in [-0.05, 0) is 42.3 Å². The standard InChI is InChI=1S/C27H24N2O4S/c1-2-18-9-3-4-10-20(18)28-16-19(15-25(28)30)27(32)33-17-26(31)29-21-11-5-7-13-23(21)34-24-14-8-6-12-22(24)29/h3-14,19H,2,15-17H2,1H3/t19-/m1/s1. The maximum absolute atomic E-state index is 13.2. The van der Waals surface area contributed by atoms with E-state index in [4.69, 9.17) is 4.74 Å². The monoisotopic (exact) mass is 472 g/mol. The number of amides is 2. The smallest absolute Gasteiger partial charge is 0.311 e. The summed E-state index contributed by atoms with van der Waals surface area (Å²) in [7, 11) is 0. The van der Waals surface area contributed by atoms with Gasteiger partial charge in [0.15, 0.2) is 6.61 Å². The molecule has 0 spiro atoms. The zero-order valence-corrected chi connectivity index (χ0v) is 19.6. The van der Waals surface area contributed by atoms with E-state index >= 15 is 0 Å². The predicted molar refractivity (Wildman–Crippen MR) is 131 cm³/mol. The molecule has 2 heterocycles. The molecule has 0 radical (unpaired) electrons. The van der Waals surface area contributed by atoms with Gasteiger partial charge in [0, 0.05) is 28.4 Å². The van der Waals surface area contributed by atoms with Crippen LogP contribution in [0, 0.1) is 5.92 Å². The molecule has 6 nitrogen and oxygen atoms in total. The van der Waals surface area contributed by atoms with E-state index in [1.807, 2.05) is 79.7 Å². The van der Waals surface area contributed by atoms with Gasteiger partial charge in [-0.3, -0.25) is 19.3 Å². The van der Waals surface area contributed by atoms with Crippen molar-refractivity contribution in [1.82, 2.24) is 0 Å².